The Morgan fingerprint density at radius 3 is 2.38 bits per heavy atom. The molecule has 21 heavy (non-hydrogen) atoms. The topological polar surface area (TPSA) is 108 Å². The van der Waals surface area contributed by atoms with E-state index >= 15 is 0 Å². The van der Waals surface area contributed by atoms with Crippen LogP contribution in [-0.2, 0) is 14.3 Å². The van der Waals surface area contributed by atoms with E-state index in [9.17, 15) is 19.5 Å². The van der Waals surface area contributed by atoms with Gasteiger partial charge >= 0.3 is 12.0 Å². The number of hydrogen-bond acceptors (Lipinski definition) is 4. The Bertz CT molecular complexity index is 407. The van der Waals surface area contributed by atoms with Gasteiger partial charge in [-0.3, -0.25) is 4.79 Å². The largest absolute Gasteiger partial charge is 0.480 e. The molecule has 0 bridgehead atoms. The highest BCUT2D eigenvalue weighted by Gasteiger charge is 2.42. The lowest BCUT2D eigenvalue weighted by Gasteiger charge is -2.34. The molecule has 8 heteroatoms. The maximum Gasteiger partial charge on any atom is 0.329 e. The fourth-order valence-electron chi connectivity index (χ4n) is 2.11. The van der Waals surface area contributed by atoms with Gasteiger partial charge in [-0.1, -0.05) is 0 Å². The molecule has 1 aliphatic rings. The molecule has 1 unspecified atom stereocenters. The molecule has 0 aliphatic carbocycles. The summed E-state index contributed by atoms with van der Waals surface area (Å²) in [6, 6.07) is -1.38. The molecule has 1 aliphatic heterocycles. The molecule has 120 valence electrons. The molecule has 3 amide bonds. The first-order valence-corrected chi connectivity index (χ1v) is 6.97. The quantitative estimate of drug-likeness (QED) is 0.651. The number of hydrogen-bond donors (Lipinski definition) is 3. The summed E-state index contributed by atoms with van der Waals surface area (Å²) in [6.07, 6.45) is 0.403. The monoisotopic (exact) mass is 301 g/mol. The van der Waals surface area contributed by atoms with Crippen LogP contribution in [0.25, 0.3) is 0 Å². The minimum Gasteiger partial charge on any atom is -0.480 e. The van der Waals surface area contributed by atoms with Gasteiger partial charge in [-0.25, -0.2) is 9.59 Å². The van der Waals surface area contributed by atoms with Crippen LogP contribution in [0.15, 0.2) is 0 Å². The first-order valence-electron chi connectivity index (χ1n) is 6.97. The molecule has 1 atom stereocenters. The zero-order valence-electron chi connectivity index (χ0n) is 12.6. The molecule has 8 nitrogen and oxygen atoms in total. The van der Waals surface area contributed by atoms with Crippen LogP contribution in [0.2, 0.25) is 0 Å². The number of ether oxygens (including phenoxy) is 1. The molecule has 0 spiro atoms. The van der Waals surface area contributed by atoms with Gasteiger partial charge in [0.1, 0.15) is 11.6 Å². The van der Waals surface area contributed by atoms with Crippen molar-refractivity contribution in [2.45, 2.75) is 38.3 Å². The average molecular weight is 301 g/mol. The van der Waals surface area contributed by atoms with Crippen LogP contribution in [0.5, 0.6) is 0 Å². The van der Waals surface area contributed by atoms with Crippen LogP contribution in [0, 0.1) is 0 Å². The van der Waals surface area contributed by atoms with Crippen LogP contribution in [-0.4, -0.2) is 66.3 Å². The fraction of sp³-hybridized carbons (Fsp3) is 0.769. The van der Waals surface area contributed by atoms with Gasteiger partial charge in [0.25, 0.3) is 0 Å². The molecule has 1 rings (SSSR count). The van der Waals surface area contributed by atoms with E-state index < -0.39 is 23.6 Å². The van der Waals surface area contributed by atoms with Crippen molar-refractivity contribution in [3.05, 3.63) is 0 Å². The smallest absolute Gasteiger partial charge is 0.329 e. The van der Waals surface area contributed by atoms with Gasteiger partial charge in [-0.2, -0.15) is 0 Å². The van der Waals surface area contributed by atoms with E-state index in [0.29, 0.717) is 6.54 Å². The Kier molecular flexibility index (Phi) is 5.95. The number of nitrogens with one attached hydrogen (secondary N) is 2. The maximum atomic E-state index is 11.9. The number of rotatable bonds is 5. The lowest BCUT2D eigenvalue weighted by atomic mass is 9.90. The molecule has 0 aromatic heterocycles. The second-order valence-corrected chi connectivity index (χ2v) is 5.17. The normalized spacial score (nSPS) is 18.4. The third kappa shape index (κ3) is 4.32. The number of likely N-dealkylation sites (N-methyl/N-ethyl adjacent to an activating group) is 1. The fourth-order valence-corrected chi connectivity index (χ4v) is 2.11. The third-order valence-corrected chi connectivity index (χ3v) is 3.68. The van der Waals surface area contributed by atoms with Crippen molar-refractivity contribution >= 4 is 17.9 Å². The van der Waals surface area contributed by atoms with E-state index in [2.05, 4.69) is 10.6 Å². The standard InChI is InChI=1S/C13H23N3O5/c1-4-16(3)10(17)9(2)14-12(20)15-13(11(18)19)5-7-21-8-6-13/h9H,4-8H2,1-3H3,(H,18,19)(H2,14,15,20). The zero-order chi connectivity index (χ0) is 16.0. The number of carbonyl (C=O) groups is 3. The summed E-state index contributed by atoms with van der Waals surface area (Å²) in [4.78, 5) is 36.7. The summed E-state index contributed by atoms with van der Waals surface area (Å²) in [5.74, 6) is -1.32. The van der Waals surface area contributed by atoms with Crippen LogP contribution in [0.4, 0.5) is 4.79 Å². The van der Waals surface area contributed by atoms with E-state index in [4.69, 9.17) is 4.74 Å². The van der Waals surface area contributed by atoms with Gasteiger partial charge < -0.3 is 25.4 Å². The Morgan fingerprint density at radius 2 is 1.90 bits per heavy atom. The van der Waals surface area contributed by atoms with Crippen molar-refractivity contribution in [1.82, 2.24) is 15.5 Å². The Morgan fingerprint density at radius 1 is 1.33 bits per heavy atom. The van der Waals surface area contributed by atoms with Gasteiger partial charge in [-0.15, -0.1) is 0 Å². The van der Waals surface area contributed by atoms with Crippen molar-refractivity contribution in [3.63, 3.8) is 0 Å². The predicted octanol–water partition coefficient (Wildman–Crippen LogP) is -0.214. The third-order valence-electron chi connectivity index (χ3n) is 3.68. The molecule has 0 radical (unpaired) electrons. The molecule has 3 N–H and O–H groups in total. The number of nitrogens with zero attached hydrogens (tertiary/aromatic N) is 1. The van der Waals surface area contributed by atoms with E-state index in [1.165, 1.54) is 4.90 Å². The number of aliphatic carboxylic acids is 1. The van der Waals surface area contributed by atoms with Crippen molar-refractivity contribution in [2.75, 3.05) is 26.8 Å². The van der Waals surface area contributed by atoms with Crippen molar-refractivity contribution in [3.8, 4) is 0 Å². The van der Waals surface area contributed by atoms with Crippen LogP contribution in [0.1, 0.15) is 26.7 Å². The lowest BCUT2D eigenvalue weighted by molar-refractivity contribution is -0.148. The summed E-state index contributed by atoms with van der Waals surface area (Å²) >= 11 is 0. The predicted molar refractivity (Wildman–Crippen MR) is 74.9 cm³/mol. The second kappa shape index (κ2) is 7.26. The van der Waals surface area contributed by atoms with Gasteiger partial charge in [0.2, 0.25) is 5.91 Å². The van der Waals surface area contributed by atoms with E-state index in [1.54, 1.807) is 14.0 Å². The molecule has 1 fully saturated rings. The highest BCUT2D eigenvalue weighted by atomic mass is 16.5. The zero-order valence-corrected chi connectivity index (χ0v) is 12.6. The van der Waals surface area contributed by atoms with Crippen molar-refractivity contribution in [1.29, 1.82) is 0 Å². The number of carbonyl (C=O) groups excluding carboxylic acids is 2. The van der Waals surface area contributed by atoms with Crippen LogP contribution in [0.3, 0.4) is 0 Å². The summed E-state index contributed by atoms with van der Waals surface area (Å²) in [6.45, 7) is 4.47. The highest BCUT2D eigenvalue weighted by Crippen LogP contribution is 2.20. The first-order chi connectivity index (χ1) is 9.82. The Hall–Kier alpha value is -1.83. The Labute approximate surface area is 123 Å². The average Bonchev–Trinajstić information content (AvgIpc) is 2.46. The second-order valence-electron chi connectivity index (χ2n) is 5.17. The Balaban J connectivity index is 2.62. The van der Waals surface area contributed by atoms with Gasteiger partial charge in [0, 0.05) is 39.6 Å². The van der Waals surface area contributed by atoms with Crippen molar-refractivity contribution in [2.24, 2.45) is 0 Å². The minimum absolute atomic E-state index is 0.201. The van der Waals surface area contributed by atoms with E-state index in [-0.39, 0.29) is 32.0 Å². The highest BCUT2D eigenvalue weighted by molar-refractivity contribution is 5.90. The number of carboxylic acids is 1. The molecular formula is C13H23N3O5. The number of amides is 3. The summed E-state index contributed by atoms with van der Waals surface area (Å²) in [5.41, 5.74) is -1.33. The molecule has 0 saturated carbocycles. The lowest BCUT2D eigenvalue weighted by Crippen LogP contribution is -2.61. The van der Waals surface area contributed by atoms with Crippen molar-refractivity contribution < 1.29 is 24.2 Å². The van der Waals surface area contributed by atoms with E-state index in [0.717, 1.165) is 0 Å². The molecule has 1 heterocycles. The molecule has 1 saturated heterocycles. The summed E-state index contributed by atoms with van der Waals surface area (Å²) in [7, 11) is 1.63. The van der Waals surface area contributed by atoms with Gasteiger partial charge in [-0.05, 0) is 13.8 Å². The van der Waals surface area contributed by atoms with Crippen LogP contribution >= 0.6 is 0 Å². The first kappa shape index (κ1) is 17.2. The number of urea groups is 1. The summed E-state index contributed by atoms with van der Waals surface area (Å²) in [5, 5.41) is 14.3. The van der Waals surface area contributed by atoms with E-state index in [1.807, 2.05) is 6.92 Å². The maximum absolute atomic E-state index is 11.9. The van der Waals surface area contributed by atoms with Gasteiger partial charge in [0.05, 0.1) is 0 Å². The van der Waals surface area contributed by atoms with Crippen LogP contribution < -0.4 is 10.6 Å². The summed E-state index contributed by atoms with van der Waals surface area (Å²) < 4.78 is 5.13. The SMILES string of the molecule is CCN(C)C(=O)C(C)NC(=O)NC1(C(=O)O)CCOCC1. The molecule has 0 aromatic carbocycles. The minimum atomic E-state index is -1.33. The van der Waals surface area contributed by atoms with Gasteiger partial charge in [0.15, 0.2) is 0 Å². The molecule has 0 aromatic rings. The molecular weight excluding hydrogens is 278 g/mol. The number of carboxylic acid groups (broad SMARTS) is 1.